The van der Waals surface area contributed by atoms with Crippen LogP contribution in [0.15, 0.2) is 29.2 Å². The van der Waals surface area contributed by atoms with Gasteiger partial charge in [0, 0.05) is 11.0 Å². The van der Waals surface area contributed by atoms with Crippen molar-refractivity contribution in [1.29, 1.82) is 0 Å². The van der Waals surface area contributed by atoms with Gasteiger partial charge in [-0.2, -0.15) is 0 Å². The van der Waals surface area contributed by atoms with Crippen molar-refractivity contribution in [3.63, 3.8) is 0 Å². The van der Waals surface area contributed by atoms with Crippen LogP contribution >= 0.6 is 11.3 Å². The molecule has 1 aromatic rings. The molecule has 0 aromatic carbocycles. The summed E-state index contributed by atoms with van der Waals surface area (Å²) in [5, 5.41) is 10.4. The van der Waals surface area contributed by atoms with Crippen LogP contribution < -0.4 is 0 Å². The van der Waals surface area contributed by atoms with E-state index in [1.807, 2.05) is 17.5 Å². The second-order valence-corrected chi connectivity index (χ2v) is 3.93. The molecule has 0 amide bonds. The minimum Gasteiger partial charge on any atom is -0.478 e. The van der Waals surface area contributed by atoms with Crippen LogP contribution in [0.3, 0.4) is 0 Å². The van der Waals surface area contributed by atoms with Gasteiger partial charge >= 0.3 is 5.97 Å². The molecule has 0 saturated heterocycles. The topological polar surface area (TPSA) is 46.5 Å². The third kappa shape index (κ3) is 4.20. The zero-order valence-corrected chi connectivity index (χ0v) is 8.71. The van der Waals surface area contributed by atoms with Crippen molar-refractivity contribution in [3.05, 3.63) is 34.0 Å². The fraction of sp³-hybridized carbons (Fsp3) is 0.300. The van der Waals surface area contributed by atoms with Crippen molar-refractivity contribution in [2.24, 2.45) is 0 Å². The molecule has 1 rings (SSSR count). The molecule has 1 aromatic heterocycles. The predicted molar refractivity (Wildman–Crippen MR) is 55.4 cm³/mol. The number of rotatable bonds is 5. The summed E-state index contributed by atoms with van der Waals surface area (Å²) in [5.41, 5.74) is 0.717. The van der Waals surface area contributed by atoms with Crippen molar-refractivity contribution in [2.75, 3.05) is 6.61 Å². The number of thiophene rings is 1. The van der Waals surface area contributed by atoms with Crippen LogP contribution in [-0.4, -0.2) is 17.7 Å². The Labute approximate surface area is 86.6 Å². The Hall–Kier alpha value is -1.13. The van der Waals surface area contributed by atoms with Gasteiger partial charge in [0.1, 0.15) is 0 Å². The molecule has 0 aliphatic heterocycles. The normalized spacial score (nSPS) is 11.6. The molecular weight excluding hydrogens is 200 g/mol. The number of ether oxygens (including phenoxy) is 1. The van der Waals surface area contributed by atoms with Crippen LogP contribution in [0.5, 0.6) is 0 Å². The Morgan fingerprint density at radius 1 is 1.71 bits per heavy atom. The molecule has 0 saturated carbocycles. The highest BCUT2D eigenvalue weighted by Gasteiger charge is 1.96. The van der Waals surface area contributed by atoms with E-state index >= 15 is 0 Å². The number of aliphatic carboxylic acids is 1. The van der Waals surface area contributed by atoms with Crippen molar-refractivity contribution in [1.82, 2.24) is 0 Å². The van der Waals surface area contributed by atoms with Gasteiger partial charge in [0.2, 0.25) is 0 Å². The molecule has 0 unspecified atom stereocenters. The molecule has 1 heterocycles. The highest BCUT2D eigenvalue weighted by molar-refractivity contribution is 7.09. The first-order valence-corrected chi connectivity index (χ1v) is 5.06. The van der Waals surface area contributed by atoms with E-state index in [0.29, 0.717) is 18.8 Å². The van der Waals surface area contributed by atoms with E-state index in [2.05, 4.69) is 0 Å². The number of hydrogen-bond acceptors (Lipinski definition) is 3. The van der Waals surface area contributed by atoms with E-state index in [1.54, 1.807) is 18.3 Å². The Morgan fingerprint density at radius 3 is 3.07 bits per heavy atom. The third-order valence-corrected chi connectivity index (χ3v) is 2.37. The highest BCUT2D eigenvalue weighted by atomic mass is 32.1. The first-order chi connectivity index (χ1) is 6.68. The number of carboxylic acids is 1. The molecule has 14 heavy (non-hydrogen) atoms. The van der Waals surface area contributed by atoms with Crippen LogP contribution in [0.2, 0.25) is 0 Å². The molecular formula is C10H12O3S. The second kappa shape index (κ2) is 5.57. The highest BCUT2D eigenvalue weighted by Crippen LogP contribution is 2.10. The minimum atomic E-state index is -0.928. The summed E-state index contributed by atoms with van der Waals surface area (Å²) < 4.78 is 5.32. The van der Waals surface area contributed by atoms with E-state index < -0.39 is 5.97 Å². The van der Waals surface area contributed by atoms with Crippen molar-refractivity contribution >= 4 is 17.3 Å². The van der Waals surface area contributed by atoms with E-state index in [1.165, 1.54) is 0 Å². The zero-order chi connectivity index (χ0) is 10.4. The Balaban J connectivity index is 2.25. The van der Waals surface area contributed by atoms with Gasteiger partial charge in [0.05, 0.1) is 13.2 Å². The largest absolute Gasteiger partial charge is 0.478 e. The van der Waals surface area contributed by atoms with Crippen LogP contribution in [0.4, 0.5) is 0 Å². The van der Waals surface area contributed by atoms with E-state index in [-0.39, 0.29) is 0 Å². The molecule has 0 radical (unpaired) electrons. The molecule has 1 N–H and O–H groups in total. The summed E-state index contributed by atoms with van der Waals surface area (Å²) in [4.78, 5) is 11.4. The molecule has 0 aliphatic rings. The first kappa shape index (κ1) is 10.9. The molecule has 76 valence electrons. The average molecular weight is 212 g/mol. The smallest absolute Gasteiger partial charge is 0.328 e. The van der Waals surface area contributed by atoms with Crippen LogP contribution in [-0.2, 0) is 16.1 Å². The maximum Gasteiger partial charge on any atom is 0.328 e. The quantitative estimate of drug-likeness (QED) is 0.762. The molecule has 0 atom stereocenters. The van der Waals surface area contributed by atoms with E-state index in [4.69, 9.17) is 9.84 Å². The molecule has 0 bridgehead atoms. The van der Waals surface area contributed by atoms with Gasteiger partial charge in [0.25, 0.3) is 0 Å². The number of hydrogen-bond donors (Lipinski definition) is 1. The lowest BCUT2D eigenvalue weighted by Gasteiger charge is -2.01. The van der Waals surface area contributed by atoms with Gasteiger partial charge < -0.3 is 9.84 Å². The first-order valence-electron chi connectivity index (χ1n) is 4.18. The molecule has 3 nitrogen and oxygen atoms in total. The Kier molecular flexibility index (Phi) is 4.35. The van der Waals surface area contributed by atoms with E-state index in [0.717, 1.165) is 11.0 Å². The molecule has 4 heteroatoms. The zero-order valence-electron chi connectivity index (χ0n) is 7.90. The minimum absolute atomic E-state index is 0.365. The summed E-state index contributed by atoms with van der Waals surface area (Å²) in [5.74, 6) is -0.928. The monoisotopic (exact) mass is 212 g/mol. The average Bonchev–Trinajstić information content (AvgIpc) is 2.55. The van der Waals surface area contributed by atoms with Gasteiger partial charge in [0.15, 0.2) is 0 Å². The van der Waals surface area contributed by atoms with Gasteiger partial charge in [-0.3, -0.25) is 0 Å². The van der Waals surface area contributed by atoms with Gasteiger partial charge in [-0.15, -0.1) is 11.3 Å². The molecule has 0 fully saturated rings. The van der Waals surface area contributed by atoms with E-state index in [9.17, 15) is 4.79 Å². The maximum atomic E-state index is 10.3. The predicted octanol–water partition coefficient (Wildman–Crippen LogP) is 2.30. The molecule has 0 aliphatic carbocycles. The lowest BCUT2D eigenvalue weighted by molar-refractivity contribution is -0.131. The third-order valence-electron chi connectivity index (χ3n) is 1.52. The molecule has 0 spiro atoms. The van der Waals surface area contributed by atoms with Crippen LogP contribution in [0.25, 0.3) is 0 Å². The van der Waals surface area contributed by atoms with Crippen LogP contribution in [0, 0.1) is 0 Å². The van der Waals surface area contributed by atoms with Crippen LogP contribution in [0.1, 0.15) is 11.8 Å². The van der Waals surface area contributed by atoms with Crippen molar-refractivity contribution in [3.8, 4) is 0 Å². The standard InChI is InChI=1S/C10H12O3S/c1-8(5-10(11)12)6-13-7-9-3-2-4-14-9/h2-5H,6-7H2,1H3,(H,11,12). The van der Waals surface area contributed by atoms with Crippen molar-refractivity contribution < 1.29 is 14.6 Å². The Bertz CT molecular complexity index is 314. The lowest BCUT2D eigenvalue weighted by Crippen LogP contribution is -1.98. The summed E-state index contributed by atoms with van der Waals surface area (Å²) in [7, 11) is 0. The van der Waals surface area contributed by atoms with Gasteiger partial charge in [-0.05, 0) is 23.9 Å². The number of carbonyl (C=O) groups is 1. The van der Waals surface area contributed by atoms with Gasteiger partial charge in [-0.1, -0.05) is 6.07 Å². The van der Waals surface area contributed by atoms with Gasteiger partial charge in [-0.25, -0.2) is 4.79 Å². The summed E-state index contributed by atoms with van der Waals surface area (Å²) in [6.45, 7) is 2.65. The fourth-order valence-corrected chi connectivity index (χ4v) is 1.60. The summed E-state index contributed by atoms with van der Waals surface area (Å²) in [6, 6.07) is 3.95. The number of carboxylic acid groups (broad SMARTS) is 1. The Morgan fingerprint density at radius 2 is 2.50 bits per heavy atom. The summed E-state index contributed by atoms with van der Waals surface area (Å²) >= 11 is 1.63. The second-order valence-electron chi connectivity index (χ2n) is 2.90. The SMILES string of the molecule is CC(=CC(=O)O)COCc1cccs1. The maximum absolute atomic E-state index is 10.3. The van der Waals surface area contributed by atoms with Crippen molar-refractivity contribution in [2.45, 2.75) is 13.5 Å². The fourth-order valence-electron chi connectivity index (χ4n) is 0.960. The lowest BCUT2D eigenvalue weighted by atomic mass is 10.3. The summed E-state index contributed by atoms with van der Waals surface area (Å²) in [6.07, 6.45) is 1.16.